The average molecular weight is 192 g/mol. The third-order valence-corrected chi connectivity index (χ3v) is 2.30. The van der Waals surface area contributed by atoms with Gasteiger partial charge < -0.3 is 10.6 Å². The monoisotopic (exact) mass is 192 g/mol. The fourth-order valence-electron chi connectivity index (χ4n) is 1.39. The predicted molar refractivity (Wildman–Crippen MR) is 57.7 cm³/mol. The summed E-state index contributed by atoms with van der Waals surface area (Å²) in [4.78, 5) is 8.90. The summed E-state index contributed by atoms with van der Waals surface area (Å²) in [5.41, 5.74) is 0. The van der Waals surface area contributed by atoms with Crippen LogP contribution in [0.25, 0.3) is 0 Å². The summed E-state index contributed by atoms with van der Waals surface area (Å²) in [7, 11) is 1.88. The molecule has 0 radical (unpaired) electrons. The molecule has 0 aliphatic heterocycles. The van der Waals surface area contributed by atoms with Crippen molar-refractivity contribution in [2.45, 2.75) is 25.7 Å². The first kappa shape index (κ1) is 9.24. The molecule has 0 saturated heterocycles. The molecule has 1 aliphatic rings. The highest BCUT2D eigenvalue weighted by Gasteiger charge is 2.27. The minimum atomic E-state index is 0.598. The van der Waals surface area contributed by atoms with E-state index in [0.29, 0.717) is 5.92 Å². The van der Waals surface area contributed by atoms with E-state index in [9.17, 15) is 0 Å². The van der Waals surface area contributed by atoms with Gasteiger partial charge in [0.25, 0.3) is 0 Å². The molecule has 0 atom stereocenters. The van der Waals surface area contributed by atoms with Crippen LogP contribution in [0.15, 0.2) is 6.07 Å². The Bertz CT molecular complexity index is 320. The maximum absolute atomic E-state index is 4.47. The number of rotatable bonds is 4. The van der Waals surface area contributed by atoms with Crippen LogP contribution < -0.4 is 10.6 Å². The van der Waals surface area contributed by atoms with E-state index in [2.05, 4.69) is 27.5 Å². The fourth-order valence-corrected chi connectivity index (χ4v) is 1.39. The zero-order chi connectivity index (χ0) is 9.97. The summed E-state index contributed by atoms with van der Waals surface area (Å²) < 4.78 is 0. The van der Waals surface area contributed by atoms with Gasteiger partial charge in [0.15, 0.2) is 0 Å². The first-order chi connectivity index (χ1) is 6.83. The number of nitrogens with one attached hydrogen (secondary N) is 2. The lowest BCUT2D eigenvalue weighted by Gasteiger charge is -2.07. The lowest BCUT2D eigenvalue weighted by molar-refractivity contribution is 0.926. The Morgan fingerprint density at radius 2 is 2.07 bits per heavy atom. The van der Waals surface area contributed by atoms with E-state index in [1.165, 1.54) is 12.8 Å². The smallest absolute Gasteiger partial charge is 0.136 e. The zero-order valence-electron chi connectivity index (χ0n) is 8.67. The van der Waals surface area contributed by atoms with Crippen molar-refractivity contribution < 1.29 is 0 Å². The quantitative estimate of drug-likeness (QED) is 0.764. The Balaban J connectivity index is 2.26. The summed E-state index contributed by atoms with van der Waals surface area (Å²) in [6, 6.07) is 1.94. The van der Waals surface area contributed by atoms with Crippen molar-refractivity contribution in [2.24, 2.45) is 0 Å². The summed E-state index contributed by atoms with van der Waals surface area (Å²) in [6.45, 7) is 2.96. The van der Waals surface area contributed by atoms with Crippen molar-refractivity contribution in [2.75, 3.05) is 24.2 Å². The maximum atomic E-state index is 4.47. The highest BCUT2D eigenvalue weighted by Crippen LogP contribution is 2.38. The van der Waals surface area contributed by atoms with Crippen LogP contribution in [0.1, 0.15) is 31.5 Å². The van der Waals surface area contributed by atoms with Gasteiger partial charge in [-0.15, -0.1) is 0 Å². The number of hydrogen-bond acceptors (Lipinski definition) is 4. The molecule has 1 saturated carbocycles. The number of anilines is 2. The van der Waals surface area contributed by atoms with Gasteiger partial charge >= 0.3 is 0 Å². The molecule has 1 heterocycles. The van der Waals surface area contributed by atoms with Crippen LogP contribution in [0, 0.1) is 0 Å². The van der Waals surface area contributed by atoms with E-state index in [4.69, 9.17) is 0 Å². The third kappa shape index (κ3) is 1.95. The first-order valence-electron chi connectivity index (χ1n) is 5.14. The number of aromatic nitrogens is 2. The van der Waals surface area contributed by atoms with Crippen molar-refractivity contribution in [1.82, 2.24) is 9.97 Å². The Morgan fingerprint density at radius 3 is 2.64 bits per heavy atom. The summed E-state index contributed by atoms with van der Waals surface area (Å²) in [5, 5.41) is 6.27. The molecule has 1 aliphatic carbocycles. The van der Waals surface area contributed by atoms with Crippen LogP contribution in [-0.4, -0.2) is 23.6 Å². The molecule has 76 valence electrons. The SMILES string of the molecule is CCNc1cc(NC)nc(C2CC2)n1. The normalized spacial score (nSPS) is 15.3. The molecule has 0 amide bonds. The highest BCUT2D eigenvalue weighted by atomic mass is 15.1. The van der Waals surface area contributed by atoms with E-state index in [1.54, 1.807) is 0 Å². The van der Waals surface area contributed by atoms with Gasteiger partial charge in [0.05, 0.1) is 0 Å². The van der Waals surface area contributed by atoms with Gasteiger partial charge in [0, 0.05) is 25.6 Å². The van der Waals surface area contributed by atoms with E-state index >= 15 is 0 Å². The Labute approximate surface area is 84.2 Å². The van der Waals surface area contributed by atoms with Crippen LogP contribution in [-0.2, 0) is 0 Å². The van der Waals surface area contributed by atoms with Gasteiger partial charge in [-0.25, -0.2) is 9.97 Å². The van der Waals surface area contributed by atoms with E-state index in [0.717, 1.165) is 24.0 Å². The molecular formula is C10H16N4. The van der Waals surface area contributed by atoms with Crippen molar-refractivity contribution in [3.8, 4) is 0 Å². The van der Waals surface area contributed by atoms with Crippen LogP contribution in [0.3, 0.4) is 0 Å². The Hall–Kier alpha value is -1.32. The zero-order valence-corrected chi connectivity index (χ0v) is 8.67. The molecule has 1 fully saturated rings. The van der Waals surface area contributed by atoms with Crippen molar-refractivity contribution in [1.29, 1.82) is 0 Å². The van der Waals surface area contributed by atoms with Gasteiger partial charge in [0.2, 0.25) is 0 Å². The summed E-state index contributed by atoms with van der Waals surface area (Å²) in [5.74, 6) is 3.40. The lowest BCUT2D eigenvalue weighted by atomic mass is 10.3. The largest absolute Gasteiger partial charge is 0.373 e. The molecule has 1 aromatic rings. The Morgan fingerprint density at radius 1 is 1.36 bits per heavy atom. The molecule has 0 spiro atoms. The van der Waals surface area contributed by atoms with Crippen LogP contribution in [0.2, 0.25) is 0 Å². The molecule has 0 unspecified atom stereocenters. The van der Waals surface area contributed by atoms with E-state index in [-0.39, 0.29) is 0 Å². The number of nitrogens with zero attached hydrogens (tertiary/aromatic N) is 2. The maximum Gasteiger partial charge on any atom is 0.136 e. The van der Waals surface area contributed by atoms with E-state index in [1.807, 2.05) is 13.1 Å². The Kier molecular flexibility index (Phi) is 2.52. The predicted octanol–water partition coefficient (Wildman–Crippen LogP) is 1.83. The lowest BCUT2D eigenvalue weighted by Crippen LogP contribution is -2.05. The van der Waals surface area contributed by atoms with Crippen molar-refractivity contribution >= 4 is 11.6 Å². The minimum absolute atomic E-state index is 0.598. The third-order valence-electron chi connectivity index (χ3n) is 2.30. The highest BCUT2D eigenvalue weighted by molar-refractivity contribution is 5.47. The van der Waals surface area contributed by atoms with Gasteiger partial charge in [0.1, 0.15) is 17.5 Å². The summed E-state index contributed by atoms with van der Waals surface area (Å²) in [6.07, 6.45) is 2.47. The minimum Gasteiger partial charge on any atom is -0.373 e. The molecule has 0 bridgehead atoms. The molecule has 1 aromatic heterocycles. The van der Waals surface area contributed by atoms with Gasteiger partial charge in [-0.05, 0) is 19.8 Å². The molecule has 14 heavy (non-hydrogen) atoms. The average Bonchev–Trinajstić information content (AvgIpc) is 3.01. The van der Waals surface area contributed by atoms with Gasteiger partial charge in [-0.1, -0.05) is 0 Å². The van der Waals surface area contributed by atoms with Gasteiger partial charge in [-0.2, -0.15) is 0 Å². The van der Waals surface area contributed by atoms with Crippen molar-refractivity contribution in [3.05, 3.63) is 11.9 Å². The molecule has 4 heteroatoms. The van der Waals surface area contributed by atoms with Crippen LogP contribution >= 0.6 is 0 Å². The molecular weight excluding hydrogens is 176 g/mol. The standard InChI is InChI=1S/C10H16N4/c1-3-12-9-6-8(11-2)13-10(14-9)7-4-5-7/h6-7H,3-5H2,1-2H3,(H2,11,12,13,14). The van der Waals surface area contributed by atoms with Crippen LogP contribution in [0.5, 0.6) is 0 Å². The molecule has 4 nitrogen and oxygen atoms in total. The molecule has 0 aromatic carbocycles. The van der Waals surface area contributed by atoms with Crippen molar-refractivity contribution in [3.63, 3.8) is 0 Å². The fraction of sp³-hybridized carbons (Fsp3) is 0.600. The second-order valence-electron chi connectivity index (χ2n) is 3.55. The first-order valence-corrected chi connectivity index (χ1v) is 5.14. The topological polar surface area (TPSA) is 49.8 Å². The molecule has 2 N–H and O–H groups in total. The van der Waals surface area contributed by atoms with Gasteiger partial charge in [-0.3, -0.25) is 0 Å². The number of hydrogen-bond donors (Lipinski definition) is 2. The van der Waals surface area contributed by atoms with E-state index < -0.39 is 0 Å². The second-order valence-corrected chi connectivity index (χ2v) is 3.55. The summed E-state index contributed by atoms with van der Waals surface area (Å²) >= 11 is 0. The van der Waals surface area contributed by atoms with Crippen LogP contribution in [0.4, 0.5) is 11.6 Å². The second kappa shape index (κ2) is 3.82. The molecule has 2 rings (SSSR count).